The van der Waals surface area contributed by atoms with Crippen molar-refractivity contribution in [2.24, 2.45) is 13.0 Å². The fourth-order valence-corrected chi connectivity index (χ4v) is 3.09. The number of hydrogen-bond donors (Lipinski definition) is 1. The molecule has 1 N–H and O–H groups in total. The van der Waals surface area contributed by atoms with E-state index in [9.17, 15) is 9.59 Å². The number of carbonyl (C=O) groups excluding carboxylic acids is 2. The van der Waals surface area contributed by atoms with Crippen LogP contribution in [-0.4, -0.2) is 39.3 Å². The molecule has 2 heterocycles. The number of aromatic nitrogens is 3. The summed E-state index contributed by atoms with van der Waals surface area (Å²) in [5.41, 5.74) is 3.14. The fourth-order valence-electron chi connectivity index (χ4n) is 3.09. The van der Waals surface area contributed by atoms with E-state index in [1.165, 1.54) is 0 Å². The highest BCUT2D eigenvalue weighted by Crippen LogP contribution is 2.27. The molecule has 7 heteroatoms. The number of carbonyl (C=O) groups is 2. The molecule has 3 rings (SSSR count). The predicted molar refractivity (Wildman–Crippen MR) is 111 cm³/mol. The van der Waals surface area contributed by atoms with E-state index in [2.05, 4.69) is 15.4 Å². The van der Waals surface area contributed by atoms with Crippen LogP contribution in [0.25, 0.3) is 22.3 Å². The van der Waals surface area contributed by atoms with Crippen molar-refractivity contribution in [1.82, 2.24) is 20.1 Å². The smallest absolute Gasteiger partial charge is 0.339 e. The second kappa shape index (κ2) is 8.43. The Labute approximate surface area is 170 Å². The topological polar surface area (TPSA) is 86.1 Å². The molecule has 3 aromatic rings. The largest absolute Gasteiger partial charge is 0.449 e. The zero-order chi connectivity index (χ0) is 21.1. The molecular weight excluding hydrogens is 368 g/mol. The fraction of sp³-hybridized carbons (Fsp3) is 0.364. The molecule has 1 atom stereocenters. The molecule has 152 valence electrons. The van der Waals surface area contributed by atoms with Gasteiger partial charge in [0.15, 0.2) is 11.8 Å². The van der Waals surface area contributed by atoms with Crippen molar-refractivity contribution in [2.75, 3.05) is 6.54 Å². The molecule has 0 aliphatic rings. The highest BCUT2D eigenvalue weighted by Gasteiger charge is 2.24. The summed E-state index contributed by atoms with van der Waals surface area (Å²) in [4.78, 5) is 29.9. The van der Waals surface area contributed by atoms with Crippen LogP contribution in [0.1, 0.15) is 36.8 Å². The zero-order valence-corrected chi connectivity index (χ0v) is 17.4. The van der Waals surface area contributed by atoms with Crippen molar-refractivity contribution in [3.8, 4) is 11.3 Å². The first-order valence-corrected chi connectivity index (χ1v) is 9.66. The summed E-state index contributed by atoms with van der Waals surface area (Å²) in [7, 11) is 1.79. The molecule has 29 heavy (non-hydrogen) atoms. The van der Waals surface area contributed by atoms with Gasteiger partial charge in [0.25, 0.3) is 5.91 Å². The van der Waals surface area contributed by atoms with Gasteiger partial charge in [0.1, 0.15) is 0 Å². The molecular formula is C22H26N4O3. The summed E-state index contributed by atoms with van der Waals surface area (Å²) in [6, 6.07) is 11.3. The molecule has 1 amide bonds. The molecule has 0 spiro atoms. The van der Waals surface area contributed by atoms with Crippen LogP contribution in [-0.2, 0) is 16.6 Å². The Morgan fingerprint density at radius 1 is 1.17 bits per heavy atom. The average Bonchev–Trinajstić information content (AvgIpc) is 2.99. The maximum absolute atomic E-state index is 13.0. The molecule has 0 aliphatic carbocycles. The van der Waals surface area contributed by atoms with Crippen LogP contribution < -0.4 is 5.32 Å². The van der Waals surface area contributed by atoms with E-state index in [0.29, 0.717) is 40.4 Å². The van der Waals surface area contributed by atoms with Crippen LogP contribution in [0.15, 0.2) is 36.4 Å². The van der Waals surface area contributed by atoms with Crippen LogP contribution in [0.2, 0.25) is 0 Å². The van der Waals surface area contributed by atoms with E-state index >= 15 is 0 Å². The van der Waals surface area contributed by atoms with Crippen molar-refractivity contribution in [3.63, 3.8) is 0 Å². The van der Waals surface area contributed by atoms with Crippen LogP contribution >= 0.6 is 0 Å². The number of fused-ring (bicyclic) bond motifs is 1. The molecule has 7 nitrogen and oxygen atoms in total. The normalized spacial score (nSPS) is 12.2. The van der Waals surface area contributed by atoms with Gasteiger partial charge in [0.2, 0.25) is 0 Å². The molecule has 2 aromatic heterocycles. The minimum atomic E-state index is -0.901. The van der Waals surface area contributed by atoms with Crippen molar-refractivity contribution in [3.05, 3.63) is 47.7 Å². The number of pyridine rings is 1. The summed E-state index contributed by atoms with van der Waals surface area (Å²) in [6.07, 6.45) is -0.901. The van der Waals surface area contributed by atoms with Crippen molar-refractivity contribution in [1.29, 1.82) is 0 Å². The van der Waals surface area contributed by atoms with Crippen molar-refractivity contribution in [2.45, 2.75) is 33.8 Å². The van der Waals surface area contributed by atoms with Gasteiger partial charge >= 0.3 is 5.97 Å². The Morgan fingerprint density at radius 2 is 1.86 bits per heavy atom. The first-order valence-electron chi connectivity index (χ1n) is 9.66. The third kappa shape index (κ3) is 4.45. The Hall–Kier alpha value is -3.22. The number of hydrogen-bond acceptors (Lipinski definition) is 5. The van der Waals surface area contributed by atoms with E-state index in [0.717, 1.165) is 5.56 Å². The maximum atomic E-state index is 13.0. The quantitative estimate of drug-likeness (QED) is 0.649. The van der Waals surface area contributed by atoms with E-state index in [1.807, 2.05) is 51.1 Å². The van der Waals surface area contributed by atoms with E-state index < -0.39 is 12.1 Å². The first kappa shape index (κ1) is 20.5. The van der Waals surface area contributed by atoms with Gasteiger partial charge < -0.3 is 10.1 Å². The lowest BCUT2D eigenvalue weighted by Gasteiger charge is -2.15. The van der Waals surface area contributed by atoms with Gasteiger partial charge in [-0.1, -0.05) is 44.2 Å². The SMILES string of the molecule is Cc1nn(C)c2nc(-c3ccccc3)cc(C(=O)OC(C)C(=O)NCC(C)C)c12. The Kier molecular flexibility index (Phi) is 5.96. The average molecular weight is 394 g/mol. The molecule has 0 saturated carbocycles. The van der Waals surface area contributed by atoms with Gasteiger partial charge in [-0.05, 0) is 25.8 Å². The Bertz CT molecular complexity index is 1040. The monoisotopic (exact) mass is 394 g/mol. The lowest BCUT2D eigenvalue weighted by Crippen LogP contribution is -2.37. The summed E-state index contributed by atoms with van der Waals surface area (Å²) in [6.45, 7) is 7.92. The number of amides is 1. The zero-order valence-electron chi connectivity index (χ0n) is 17.4. The van der Waals surface area contributed by atoms with E-state index in [-0.39, 0.29) is 5.91 Å². The molecule has 0 fully saturated rings. The van der Waals surface area contributed by atoms with Gasteiger partial charge in [-0.3, -0.25) is 9.48 Å². The number of esters is 1. The number of ether oxygens (including phenoxy) is 1. The molecule has 0 aliphatic heterocycles. The highest BCUT2D eigenvalue weighted by molar-refractivity contribution is 6.05. The first-order chi connectivity index (χ1) is 13.8. The summed E-state index contributed by atoms with van der Waals surface area (Å²) in [5, 5.41) is 7.81. The number of benzene rings is 1. The standard InChI is InChI=1S/C22H26N4O3/c1-13(2)12-23-21(27)15(4)29-22(28)17-11-18(16-9-7-6-8-10-16)24-20-19(17)14(3)25-26(20)5/h6-11,13,15H,12H2,1-5H3,(H,23,27). The minimum absolute atomic E-state index is 0.313. The Balaban J connectivity index is 1.97. The van der Waals surface area contributed by atoms with Crippen LogP contribution in [0, 0.1) is 12.8 Å². The van der Waals surface area contributed by atoms with Gasteiger partial charge in [-0.25, -0.2) is 9.78 Å². The third-order valence-corrected chi connectivity index (χ3v) is 4.60. The lowest BCUT2D eigenvalue weighted by atomic mass is 10.1. The van der Waals surface area contributed by atoms with Gasteiger partial charge in [0.05, 0.1) is 22.3 Å². The number of rotatable bonds is 6. The molecule has 1 unspecified atom stereocenters. The second-order valence-electron chi connectivity index (χ2n) is 7.52. The number of aryl methyl sites for hydroxylation is 2. The molecule has 0 radical (unpaired) electrons. The van der Waals surface area contributed by atoms with Gasteiger partial charge in [-0.15, -0.1) is 0 Å². The van der Waals surface area contributed by atoms with Crippen LogP contribution in [0.5, 0.6) is 0 Å². The lowest BCUT2D eigenvalue weighted by molar-refractivity contribution is -0.129. The molecule has 1 aromatic carbocycles. The number of nitrogens with zero attached hydrogens (tertiary/aromatic N) is 3. The summed E-state index contributed by atoms with van der Waals surface area (Å²) >= 11 is 0. The third-order valence-electron chi connectivity index (χ3n) is 4.60. The van der Waals surface area contributed by atoms with Gasteiger partial charge in [0, 0.05) is 19.2 Å². The molecule has 0 bridgehead atoms. The Morgan fingerprint density at radius 3 is 2.52 bits per heavy atom. The van der Waals surface area contributed by atoms with Crippen molar-refractivity contribution < 1.29 is 14.3 Å². The van der Waals surface area contributed by atoms with Crippen LogP contribution in [0.3, 0.4) is 0 Å². The second-order valence-corrected chi connectivity index (χ2v) is 7.52. The minimum Gasteiger partial charge on any atom is -0.449 e. The summed E-state index contributed by atoms with van der Waals surface area (Å²) in [5.74, 6) is -0.574. The van der Waals surface area contributed by atoms with E-state index in [4.69, 9.17) is 4.74 Å². The number of nitrogens with one attached hydrogen (secondary N) is 1. The van der Waals surface area contributed by atoms with Crippen LogP contribution in [0.4, 0.5) is 0 Å². The van der Waals surface area contributed by atoms with E-state index in [1.54, 1.807) is 24.7 Å². The van der Waals surface area contributed by atoms with Crippen molar-refractivity contribution >= 4 is 22.9 Å². The predicted octanol–water partition coefficient (Wildman–Crippen LogP) is 3.26. The van der Waals surface area contributed by atoms with Gasteiger partial charge in [-0.2, -0.15) is 5.10 Å². The maximum Gasteiger partial charge on any atom is 0.339 e. The highest BCUT2D eigenvalue weighted by atomic mass is 16.5. The summed E-state index contributed by atoms with van der Waals surface area (Å²) < 4.78 is 7.12. The molecule has 0 saturated heterocycles.